The molecule has 0 aliphatic heterocycles. The topological polar surface area (TPSA) is 40.5 Å². The van der Waals surface area contributed by atoms with E-state index in [1.165, 1.54) is 0 Å². The summed E-state index contributed by atoms with van der Waals surface area (Å²) < 4.78 is 0. The first-order valence-corrected chi connectivity index (χ1v) is 5.67. The van der Waals surface area contributed by atoms with Gasteiger partial charge in [0.2, 0.25) is 0 Å². The van der Waals surface area contributed by atoms with Gasteiger partial charge in [-0.15, -0.1) is 0 Å². The van der Waals surface area contributed by atoms with Gasteiger partial charge in [0, 0.05) is 17.0 Å². The highest BCUT2D eigenvalue weighted by molar-refractivity contribution is 5.46. The van der Waals surface area contributed by atoms with Gasteiger partial charge in [0.05, 0.1) is 0 Å². The zero-order valence-electron chi connectivity index (χ0n) is 10.0. The normalized spacial score (nSPS) is 12.4. The van der Waals surface area contributed by atoms with Gasteiger partial charge in [0.15, 0.2) is 0 Å². The zero-order valence-corrected chi connectivity index (χ0v) is 10.0. The Labute approximate surface area is 101 Å². The number of aryl methyl sites for hydroxylation is 1. The lowest BCUT2D eigenvalue weighted by molar-refractivity contribution is 0.456. The summed E-state index contributed by atoms with van der Waals surface area (Å²) >= 11 is 0. The van der Waals surface area contributed by atoms with E-state index in [9.17, 15) is 10.2 Å². The van der Waals surface area contributed by atoms with E-state index in [0.29, 0.717) is 0 Å². The molecule has 1 unspecified atom stereocenters. The number of para-hydroxylation sites is 1. The molecule has 0 aromatic heterocycles. The van der Waals surface area contributed by atoms with Gasteiger partial charge < -0.3 is 10.2 Å². The molecule has 17 heavy (non-hydrogen) atoms. The van der Waals surface area contributed by atoms with Crippen LogP contribution < -0.4 is 0 Å². The van der Waals surface area contributed by atoms with Crippen LogP contribution in [-0.2, 0) is 0 Å². The van der Waals surface area contributed by atoms with Gasteiger partial charge in [0.1, 0.15) is 11.5 Å². The SMILES string of the molecule is Cc1ccc(O)c(C(C)c2ccccc2O)c1. The Balaban J connectivity index is 2.47. The summed E-state index contributed by atoms with van der Waals surface area (Å²) in [6, 6.07) is 12.7. The molecule has 2 rings (SSSR count). The van der Waals surface area contributed by atoms with Crippen molar-refractivity contribution in [3.05, 3.63) is 59.2 Å². The maximum Gasteiger partial charge on any atom is 0.119 e. The van der Waals surface area contributed by atoms with Gasteiger partial charge >= 0.3 is 0 Å². The molecule has 2 nitrogen and oxygen atoms in total. The molecule has 2 heteroatoms. The molecule has 2 aromatic carbocycles. The van der Waals surface area contributed by atoms with Crippen LogP contribution in [0.1, 0.15) is 29.5 Å². The van der Waals surface area contributed by atoms with E-state index in [1.807, 2.05) is 38.1 Å². The molecule has 0 bridgehead atoms. The Morgan fingerprint density at radius 3 is 2.24 bits per heavy atom. The molecule has 0 saturated heterocycles. The van der Waals surface area contributed by atoms with Crippen LogP contribution in [0, 0.1) is 6.92 Å². The minimum atomic E-state index is -0.0314. The lowest BCUT2D eigenvalue weighted by Crippen LogP contribution is -1.97. The largest absolute Gasteiger partial charge is 0.508 e. The van der Waals surface area contributed by atoms with Gasteiger partial charge in [-0.1, -0.05) is 42.8 Å². The van der Waals surface area contributed by atoms with Gasteiger partial charge in [-0.25, -0.2) is 0 Å². The molecule has 0 aliphatic rings. The van der Waals surface area contributed by atoms with Crippen molar-refractivity contribution in [2.24, 2.45) is 0 Å². The lowest BCUT2D eigenvalue weighted by Gasteiger charge is -2.16. The predicted molar refractivity (Wildman–Crippen MR) is 68.5 cm³/mol. The second-order valence-electron chi connectivity index (χ2n) is 4.34. The summed E-state index contributed by atoms with van der Waals surface area (Å²) in [4.78, 5) is 0. The number of rotatable bonds is 2. The van der Waals surface area contributed by atoms with Crippen LogP contribution in [0.15, 0.2) is 42.5 Å². The fourth-order valence-corrected chi connectivity index (χ4v) is 2.04. The number of phenols is 2. The fourth-order valence-electron chi connectivity index (χ4n) is 2.04. The van der Waals surface area contributed by atoms with Crippen molar-refractivity contribution in [3.8, 4) is 11.5 Å². The Morgan fingerprint density at radius 1 is 0.882 bits per heavy atom. The first kappa shape index (κ1) is 11.5. The number of hydrogen-bond acceptors (Lipinski definition) is 2. The predicted octanol–water partition coefficient (Wildman–Crippen LogP) is 3.56. The van der Waals surface area contributed by atoms with Crippen molar-refractivity contribution < 1.29 is 10.2 Å². The van der Waals surface area contributed by atoms with E-state index in [2.05, 4.69) is 0 Å². The van der Waals surface area contributed by atoms with Gasteiger partial charge in [-0.2, -0.15) is 0 Å². The maximum atomic E-state index is 9.88. The Hall–Kier alpha value is -1.96. The van der Waals surface area contributed by atoms with E-state index >= 15 is 0 Å². The zero-order chi connectivity index (χ0) is 12.4. The van der Waals surface area contributed by atoms with Gasteiger partial charge in [0.25, 0.3) is 0 Å². The van der Waals surface area contributed by atoms with Crippen LogP contribution in [0.4, 0.5) is 0 Å². The molecule has 0 saturated carbocycles. The summed E-state index contributed by atoms with van der Waals surface area (Å²) in [6.07, 6.45) is 0. The van der Waals surface area contributed by atoms with Gasteiger partial charge in [-0.05, 0) is 19.1 Å². The van der Waals surface area contributed by atoms with Crippen molar-refractivity contribution in [3.63, 3.8) is 0 Å². The molecular formula is C15H16O2. The number of benzene rings is 2. The molecule has 2 aromatic rings. The number of hydrogen-bond donors (Lipinski definition) is 2. The molecule has 0 radical (unpaired) electrons. The summed E-state index contributed by atoms with van der Waals surface area (Å²) in [5.74, 6) is 0.503. The van der Waals surface area contributed by atoms with Crippen LogP contribution in [-0.4, -0.2) is 10.2 Å². The quantitative estimate of drug-likeness (QED) is 0.825. The summed E-state index contributed by atoms with van der Waals surface area (Å²) in [7, 11) is 0. The monoisotopic (exact) mass is 228 g/mol. The summed E-state index contributed by atoms with van der Waals surface area (Å²) in [5.41, 5.74) is 2.76. The average molecular weight is 228 g/mol. The van der Waals surface area contributed by atoms with E-state index in [-0.39, 0.29) is 17.4 Å². The smallest absolute Gasteiger partial charge is 0.119 e. The average Bonchev–Trinajstić information content (AvgIpc) is 2.32. The van der Waals surface area contributed by atoms with E-state index in [0.717, 1.165) is 16.7 Å². The van der Waals surface area contributed by atoms with Gasteiger partial charge in [-0.3, -0.25) is 0 Å². The third-order valence-electron chi connectivity index (χ3n) is 3.05. The Bertz CT molecular complexity index is 532. The van der Waals surface area contributed by atoms with Crippen molar-refractivity contribution in [1.82, 2.24) is 0 Å². The molecule has 0 spiro atoms. The first-order valence-electron chi connectivity index (χ1n) is 5.67. The van der Waals surface area contributed by atoms with Crippen LogP contribution in [0.5, 0.6) is 11.5 Å². The first-order chi connectivity index (χ1) is 8.09. The standard InChI is InChI=1S/C15H16O2/c1-10-7-8-15(17)13(9-10)11(2)12-5-3-4-6-14(12)16/h3-9,11,16-17H,1-2H3. The van der Waals surface area contributed by atoms with Crippen LogP contribution in [0.3, 0.4) is 0 Å². The highest BCUT2D eigenvalue weighted by Crippen LogP contribution is 2.35. The third-order valence-corrected chi connectivity index (χ3v) is 3.05. The molecule has 0 heterocycles. The highest BCUT2D eigenvalue weighted by atomic mass is 16.3. The molecular weight excluding hydrogens is 212 g/mol. The van der Waals surface area contributed by atoms with E-state index < -0.39 is 0 Å². The van der Waals surface area contributed by atoms with Crippen LogP contribution in [0.2, 0.25) is 0 Å². The third kappa shape index (κ3) is 2.26. The lowest BCUT2D eigenvalue weighted by atomic mass is 9.91. The van der Waals surface area contributed by atoms with E-state index in [4.69, 9.17) is 0 Å². The molecule has 0 amide bonds. The number of aromatic hydroxyl groups is 2. The molecule has 0 aliphatic carbocycles. The van der Waals surface area contributed by atoms with Crippen molar-refractivity contribution in [1.29, 1.82) is 0 Å². The molecule has 1 atom stereocenters. The van der Waals surface area contributed by atoms with Crippen LogP contribution >= 0.6 is 0 Å². The second-order valence-corrected chi connectivity index (χ2v) is 4.34. The van der Waals surface area contributed by atoms with Crippen LogP contribution in [0.25, 0.3) is 0 Å². The van der Waals surface area contributed by atoms with Crippen molar-refractivity contribution in [2.75, 3.05) is 0 Å². The second kappa shape index (κ2) is 4.50. The van der Waals surface area contributed by atoms with E-state index in [1.54, 1.807) is 18.2 Å². The maximum absolute atomic E-state index is 9.88. The molecule has 2 N–H and O–H groups in total. The Kier molecular flexibility index (Phi) is 3.05. The fraction of sp³-hybridized carbons (Fsp3) is 0.200. The minimum Gasteiger partial charge on any atom is -0.508 e. The van der Waals surface area contributed by atoms with Crippen molar-refractivity contribution >= 4 is 0 Å². The van der Waals surface area contributed by atoms with Crippen molar-refractivity contribution in [2.45, 2.75) is 19.8 Å². The number of phenolic OH excluding ortho intramolecular Hbond substituents is 2. The minimum absolute atomic E-state index is 0.0314. The molecule has 0 fully saturated rings. The summed E-state index contributed by atoms with van der Waals surface area (Å²) in [6.45, 7) is 3.96. The highest BCUT2D eigenvalue weighted by Gasteiger charge is 2.15. The summed E-state index contributed by atoms with van der Waals surface area (Å²) in [5, 5.41) is 19.7. The Morgan fingerprint density at radius 2 is 1.53 bits per heavy atom. The molecule has 88 valence electrons.